The quantitative estimate of drug-likeness (QED) is 0.663. The lowest BCUT2D eigenvalue weighted by Crippen LogP contribution is -2.41. The van der Waals surface area contributed by atoms with Crippen molar-refractivity contribution in [2.75, 3.05) is 53.5 Å². The molecule has 0 aliphatic carbocycles. The second-order valence-electron chi connectivity index (χ2n) is 5.27. The van der Waals surface area contributed by atoms with E-state index in [4.69, 9.17) is 9.73 Å². The molecule has 2 rings (SSSR count). The smallest absolute Gasteiger partial charge is 0.193 e. The lowest BCUT2D eigenvalue weighted by Gasteiger charge is -2.33. The minimum atomic E-state index is 0.350. The molecule has 0 amide bonds. The minimum Gasteiger partial charge on any atom is -0.379 e. The van der Waals surface area contributed by atoms with Crippen molar-refractivity contribution in [3.05, 3.63) is 22.4 Å². The summed E-state index contributed by atoms with van der Waals surface area (Å²) in [5.41, 5.74) is 0. The van der Waals surface area contributed by atoms with Gasteiger partial charge in [0.15, 0.2) is 5.96 Å². The summed E-state index contributed by atoms with van der Waals surface area (Å²) in [6.45, 7) is 7.36. The molecule has 2 heterocycles. The molecule has 1 unspecified atom stereocenters. The summed E-state index contributed by atoms with van der Waals surface area (Å²) in [6, 6.07) is 4.68. The number of morpholine rings is 1. The molecule has 0 radical (unpaired) electrons. The average Bonchev–Trinajstić information content (AvgIpc) is 3.01. The molecule has 0 aromatic carbocycles. The molecule has 1 aliphatic heterocycles. The van der Waals surface area contributed by atoms with Crippen molar-refractivity contribution in [1.29, 1.82) is 0 Å². The number of ether oxygens (including phenoxy) is 1. The molecule has 0 spiro atoms. The third-order valence-electron chi connectivity index (χ3n) is 3.53. The number of rotatable bonds is 5. The van der Waals surface area contributed by atoms with E-state index in [2.05, 4.69) is 34.7 Å². The van der Waals surface area contributed by atoms with Crippen LogP contribution in [0.2, 0.25) is 0 Å². The van der Waals surface area contributed by atoms with E-state index in [-0.39, 0.29) is 0 Å². The van der Waals surface area contributed by atoms with Crippen LogP contribution in [-0.4, -0.2) is 69.2 Å². The molecule has 21 heavy (non-hydrogen) atoms. The van der Waals surface area contributed by atoms with Gasteiger partial charge >= 0.3 is 0 Å². The summed E-state index contributed by atoms with van der Waals surface area (Å²) in [5.74, 6) is 0.951. The van der Waals surface area contributed by atoms with Crippen molar-refractivity contribution in [3.8, 4) is 0 Å². The van der Waals surface area contributed by atoms with E-state index in [1.165, 1.54) is 4.88 Å². The summed E-state index contributed by atoms with van der Waals surface area (Å²) in [5, 5.41) is 5.46. The van der Waals surface area contributed by atoms with E-state index < -0.39 is 0 Å². The fraction of sp³-hybridized carbons (Fsp3) is 0.667. The molecule has 1 fully saturated rings. The Labute approximate surface area is 131 Å². The molecule has 1 aromatic heterocycles. The molecular weight excluding hydrogens is 284 g/mol. The molecular formula is C15H26N4OS. The average molecular weight is 310 g/mol. The highest BCUT2D eigenvalue weighted by Gasteiger charge is 2.23. The van der Waals surface area contributed by atoms with Gasteiger partial charge in [-0.1, -0.05) is 6.07 Å². The number of nitrogens with one attached hydrogen (secondary N) is 1. The van der Waals surface area contributed by atoms with Crippen molar-refractivity contribution >= 4 is 17.3 Å². The Balaban J connectivity index is 2.10. The molecule has 1 atom stereocenters. The lowest BCUT2D eigenvalue weighted by atomic mass is 10.2. The van der Waals surface area contributed by atoms with Gasteiger partial charge in [-0.25, -0.2) is 0 Å². The zero-order chi connectivity index (χ0) is 15.1. The highest BCUT2D eigenvalue weighted by Crippen LogP contribution is 2.26. The Hall–Kier alpha value is -1.11. The number of aliphatic imine (C=N–C) groups is 1. The predicted molar refractivity (Wildman–Crippen MR) is 89.1 cm³/mol. The number of thiophene rings is 1. The number of guanidine groups is 1. The summed E-state index contributed by atoms with van der Waals surface area (Å²) in [4.78, 5) is 10.7. The van der Waals surface area contributed by atoms with E-state index in [1.54, 1.807) is 0 Å². The van der Waals surface area contributed by atoms with Gasteiger partial charge in [-0.05, 0) is 18.4 Å². The minimum absolute atomic E-state index is 0.350. The van der Waals surface area contributed by atoms with Crippen molar-refractivity contribution in [2.24, 2.45) is 4.99 Å². The molecule has 1 aliphatic rings. The highest BCUT2D eigenvalue weighted by molar-refractivity contribution is 7.10. The summed E-state index contributed by atoms with van der Waals surface area (Å²) >= 11 is 1.81. The van der Waals surface area contributed by atoms with Crippen molar-refractivity contribution in [3.63, 3.8) is 0 Å². The standard InChI is InChI=1S/C15H26N4OS/c1-4-16-15(18(2)3)17-12-13(14-6-5-11-21-14)19-7-9-20-10-8-19/h5-6,11,13H,4,7-10,12H2,1-3H3,(H,16,17). The van der Waals surface area contributed by atoms with Crippen LogP contribution in [0.4, 0.5) is 0 Å². The molecule has 0 bridgehead atoms. The van der Waals surface area contributed by atoms with Crippen LogP contribution in [0.1, 0.15) is 17.8 Å². The van der Waals surface area contributed by atoms with Gasteiger partial charge in [-0.15, -0.1) is 11.3 Å². The number of hydrogen-bond donors (Lipinski definition) is 1. The van der Waals surface area contributed by atoms with Crippen LogP contribution < -0.4 is 5.32 Å². The van der Waals surface area contributed by atoms with E-state index in [0.717, 1.165) is 45.4 Å². The van der Waals surface area contributed by atoms with Gasteiger partial charge in [0.25, 0.3) is 0 Å². The van der Waals surface area contributed by atoms with Crippen LogP contribution in [-0.2, 0) is 4.74 Å². The highest BCUT2D eigenvalue weighted by atomic mass is 32.1. The number of hydrogen-bond acceptors (Lipinski definition) is 4. The van der Waals surface area contributed by atoms with Crippen molar-refractivity contribution in [2.45, 2.75) is 13.0 Å². The van der Waals surface area contributed by atoms with E-state index >= 15 is 0 Å². The molecule has 1 aromatic rings. The molecule has 5 nitrogen and oxygen atoms in total. The van der Waals surface area contributed by atoms with Crippen LogP contribution in [0, 0.1) is 0 Å². The Morgan fingerprint density at radius 1 is 1.48 bits per heavy atom. The summed E-state index contributed by atoms with van der Waals surface area (Å²) < 4.78 is 5.47. The van der Waals surface area contributed by atoms with E-state index in [0.29, 0.717) is 6.04 Å². The van der Waals surface area contributed by atoms with Gasteiger partial charge < -0.3 is 15.0 Å². The second kappa shape index (κ2) is 8.36. The molecule has 1 N–H and O–H groups in total. The molecule has 0 saturated carbocycles. The van der Waals surface area contributed by atoms with Gasteiger partial charge in [0.05, 0.1) is 25.8 Å². The zero-order valence-corrected chi connectivity index (χ0v) is 14.0. The first-order chi connectivity index (χ1) is 10.2. The number of nitrogens with zero attached hydrogens (tertiary/aromatic N) is 3. The largest absolute Gasteiger partial charge is 0.379 e. The van der Waals surface area contributed by atoms with Crippen molar-refractivity contribution < 1.29 is 4.74 Å². The van der Waals surface area contributed by atoms with Gasteiger partial charge in [0, 0.05) is 38.6 Å². The molecule has 1 saturated heterocycles. The van der Waals surface area contributed by atoms with Gasteiger partial charge in [-0.2, -0.15) is 0 Å². The zero-order valence-electron chi connectivity index (χ0n) is 13.2. The molecule has 6 heteroatoms. The Kier molecular flexibility index (Phi) is 6.48. The fourth-order valence-corrected chi connectivity index (χ4v) is 3.29. The maximum atomic E-state index is 5.47. The van der Waals surface area contributed by atoms with Crippen molar-refractivity contribution in [1.82, 2.24) is 15.1 Å². The van der Waals surface area contributed by atoms with Gasteiger partial charge in [0.1, 0.15) is 0 Å². The third-order valence-corrected chi connectivity index (χ3v) is 4.50. The van der Waals surface area contributed by atoms with Crippen LogP contribution in [0.5, 0.6) is 0 Å². The van der Waals surface area contributed by atoms with Crippen LogP contribution >= 0.6 is 11.3 Å². The third kappa shape index (κ3) is 4.69. The van der Waals surface area contributed by atoms with E-state index in [9.17, 15) is 0 Å². The van der Waals surface area contributed by atoms with E-state index in [1.807, 2.05) is 30.3 Å². The topological polar surface area (TPSA) is 40.1 Å². The first-order valence-electron chi connectivity index (χ1n) is 7.53. The van der Waals surface area contributed by atoms with Crippen LogP contribution in [0.15, 0.2) is 22.5 Å². The monoisotopic (exact) mass is 310 g/mol. The first-order valence-corrected chi connectivity index (χ1v) is 8.41. The second-order valence-corrected chi connectivity index (χ2v) is 6.25. The SMILES string of the molecule is CCNC(=NCC(c1cccs1)N1CCOCC1)N(C)C. The summed E-state index contributed by atoms with van der Waals surface area (Å²) in [7, 11) is 4.05. The lowest BCUT2D eigenvalue weighted by molar-refractivity contribution is 0.0186. The normalized spacial score (nSPS) is 18.5. The van der Waals surface area contributed by atoms with Crippen LogP contribution in [0.3, 0.4) is 0 Å². The summed E-state index contributed by atoms with van der Waals surface area (Å²) in [6.07, 6.45) is 0. The molecule has 118 valence electrons. The maximum Gasteiger partial charge on any atom is 0.193 e. The Morgan fingerprint density at radius 2 is 2.24 bits per heavy atom. The van der Waals surface area contributed by atoms with Crippen LogP contribution in [0.25, 0.3) is 0 Å². The maximum absolute atomic E-state index is 5.47. The Morgan fingerprint density at radius 3 is 2.81 bits per heavy atom. The Bertz CT molecular complexity index is 427. The predicted octanol–water partition coefficient (Wildman–Crippen LogP) is 1.65. The fourth-order valence-electron chi connectivity index (χ4n) is 2.44. The van der Waals surface area contributed by atoms with Gasteiger partial charge in [0.2, 0.25) is 0 Å². The van der Waals surface area contributed by atoms with Gasteiger partial charge in [-0.3, -0.25) is 9.89 Å². The first kappa shape index (κ1) is 16.3.